The summed E-state index contributed by atoms with van der Waals surface area (Å²) in [5.74, 6) is 0.374. The maximum atomic E-state index is 12.7. The van der Waals surface area contributed by atoms with E-state index < -0.39 is 41.2 Å². The summed E-state index contributed by atoms with van der Waals surface area (Å²) in [4.78, 5) is 35.6. The summed E-state index contributed by atoms with van der Waals surface area (Å²) in [6.07, 6.45) is -0.492. The fourth-order valence-corrected chi connectivity index (χ4v) is 5.90. The first-order valence-electron chi connectivity index (χ1n) is 13.8. The van der Waals surface area contributed by atoms with Gasteiger partial charge in [-0.25, -0.2) is 4.98 Å². The maximum Gasteiger partial charge on any atom is 0.280 e. The molecule has 5 unspecified atom stereocenters. The number of aliphatic hydroxyl groups is 2. The van der Waals surface area contributed by atoms with Crippen molar-refractivity contribution in [1.82, 2.24) is 24.8 Å². The number of ether oxygens (including phenoxy) is 2. The summed E-state index contributed by atoms with van der Waals surface area (Å²) < 4.78 is 13.7. The highest BCUT2D eigenvalue weighted by atomic mass is 32.2. The lowest BCUT2D eigenvalue weighted by Gasteiger charge is -2.27. The number of carbonyl (C=O) groups excluding carboxylic acids is 1. The lowest BCUT2D eigenvalue weighted by atomic mass is 9.90. The Morgan fingerprint density at radius 1 is 1.37 bits per heavy atom. The summed E-state index contributed by atoms with van der Waals surface area (Å²) in [5.41, 5.74) is 4.29. The number of fused-ring (bicyclic) bond motifs is 1. The van der Waals surface area contributed by atoms with Gasteiger partial charge in [-0.15, -0.1) is 0 Å². The SMILES string of the molecule is CCCC(C)(C)C(=O)SCCOC(CC1OC(n2cnc3c(=O)[nH]c(N)nc32)C(C)(O)C1O)NCc1ccccc1. The Hall–Kier alpha value is -2.81. The van der Waals surface area contributed by atoms with E-state index in [1.165, 1.54) is 29.6 Å². The minimum absolute atomic E-state index is 0.0384. The number of H-pyrrole nitrogens is 1. The van der Waals surface area contributed by atoms with E-state index in [1.54, 1.807) is 0 Å². The van der Waals surface area contributed by atoms with E-state index in [-0.39, 0.29) is 28.6 Å². The van der Waals surface area contributed by atoms with Crippen molar-refractivity contribution in [2.45, 2.75) is 83.8 Å². The zero-order valence-corrected chi connectivity index (χ0v) is 24.7. The second-order valence-corrected chi connectivity index (χ2v) is 12.3. The fraction of sp³-hybridized carbons (Fsp3) is 0.571. The molecule has 13 heteroatoms. The van der Waals surface area contributed by atoms with Gasteiger partial charge < -0.3 is 25.4 Å². The first-order valence-corrected chi connectivity index (χ1v) is 14.8. The summed E-state index contributed by atoms with van der Waals surface area (Å²) in [7, 11) is 0. The Morgan fingerprint density at radius 3 is 2.80 bits per heavy atom. The molecule has 1 fully saturated rings. The van der Waals surface area contributed by atoms with Crippen molar-refractivity contribution >= 4 is 34.0 Å². The molecule has 4 rings (SSSR count). The third-order valence-corrected chi connectivity index (χ3v) is 8.53. The van der Waals surface area contributed by atoms with Crippen LogP contribution >= 0.6 is 11.8 Å². The molecule has 41 heavy (non-hydrogen) atoms. The third-order valence-electron chi connectivity index (χ3n) is 7.34. The number of carbonyl (C=O) groups is 1. The van der Waals surface area contributed by atoms with Crippen LogP contribution in [0.3, 0.4) is 0 Å². The van der Waals surface area contributed by atoms with Gasteiger partial charge in [0.2, 0.25) is 5.95 Å². The molecule has 12 nitrogen and oxygen atoms in total. The third kappa shape index (κ3) is 7.16. The van der Waals surface area contributed by atoms with E-state index in [9.17, 15) is 19.8 Å². The number of nitrogen functional groups attached to an aromatic ring is 1. The maximum absolute atomic E-state index is 12.7. The van der Waals surface area contributed by atoms with E-state index in [1.807, 2.05) is 44.2 Å². The summed E-state index contributed by atoms with van der Waals surface area (Å²) >= 11 is 1.26. The summed E-state index contributed by atoms with van der Waals surface area (Å²) in [6.45, 7) is 8.24. The number of nitrogens with zero attached hydrogens (tertiary/aromatic N) is 3. The number of aromatic nitrogens is 4. The minimum Gasteiger partial charge on any atom is -0.387 e. The van der Waals surface area contributed by atoms with Crippen molar-refractivity contribution in [1.29, 1.82) is 0 Å². The number of aromatic amines is 1. The van der Waals surface area contributed by atoms with E-state index in [2.05, 4.69) is 27.2 Å². The molecule has 1 aliphatic heterocycles. The molecule has 1 aliphatic rings. The van der Waals surface area contributed by atoms with Crippen molar-refractivity contribution in [3.8, 4) is 0 Å². The monoisotopic (exact) mass is 588 g/mol. The van der Waals surface area contributed by atoms with Crippen LogP contribution in [0.25, 0.3) is 11.2 Å². The lowest BCUT2D eigenvalue weighted by Crippen LogP contribution is -2.45. The van der Waals surface area contributed by atoms with E-state index in [0.29, 0.717) is 18.9 Å². The van der Waals surface area contributed by atoms with Gasteiger partial charge in [0.25, 0.3) is 5.56 Å². The Balaban J connectivity index is 1.46. The number of hydrogen-bond acceptors (Lipinski definition) is 11. The number of anilines is 1. The predicted molar refractivity (Wildman–Crippen MR) is 157 cm³/mol. The highest BCUT2D eigenvalue weighted by Crippen LogP contribution is 2.40. The quantitative estimate of drug-likeness (QED) is 0.146. The number of benzene rings is 1. The van der Waals surface area contributed by atoms with Gasteiger partial charge in [-0.05, 0) is 18.9 Å². The smallest absolute Gasteiger partial charge is 0.280 e. The molecule has 3 heterocycles. The molecule has 0 aliphatic carbocycles. The number of nitrogens with two attached hydrogens (primary N) is 1. The Morgan fingerprint density at radius 2 is 2.10 bits per heavy atom. The van der Waals surface area contributed by atoms with Crippen molar-refractivity contribution in [2.75, 3.05) is 18.1 Å². The molecule has 6 N–H and O–H groups in total. The van der Waals surface area contributed by atoms with Crippen LogP contribution in [0.5, 0.6) is 0 Å². The Labute approximate surface area is 243 Å². The molecular weight excluding hydrogens is 548 g/mol. The molecular formula is C28H40N6O6S. The van der Waals surface area contributed by atoms with Crippen molar-refractivity contribution in [3.63, 3.8) is 0 Å². The standard InChI is InChI=1S/C28H40N6O6S/c1-5-11-27(2,3)25(37)41-13-12-39-19(30-15-17-9-7-6-8-10-17)14-18-21(35)28(4,38)24(40-18)34-16-31-20-22(34)32-26(29)33-23(20)36/h6-10,16,18-19,21,24,30,35,38H,5,11-15H2,1-4H3,(H3,29,32,33,36). The topological polar surface area (TPSA) is 178 Å². The molecule has 0 bridgehead atoms. The average molecular weight is 589 g/mol. The molecule has 2 aromatic heterocycles. The van der Waals surface area contributed by atoms with Crippen molar-refractivity contribution in [3.05, 3.63) is 52.6 Å². The molecule has 5 atom stereocenters. The summed E-state index contributed by atoms with van der Waals surface area (Å²) in [5, 5.41) is 25.9. The van der Waals surface area contributed by atoms with E-state index in [4.69, 9.17) is 15.2 Å². The number of hydrogen-bond donors (Lipinski definition) is 5. The first kappa shape index (κ1) is 31.1. The number of thioether (sulfide) groups is 1. The molecule has 0 spiro atoms. The highest BCUT2D eigenvalue weighted by Gasteiger charge is 2.54. The van der Waals surface area contributed by atoms with E-state index >= 15 is 0 Å². The average Bonchev–Trinajstić information content (AvgIpc) is 3.43. The van der Waals surface area contributed by atoms with Gasteiger partial charge in [0, 0.05) is 24.1 Å². The lowest BCUT2D eigenvalue weighted by molar-refractivity contribution is -0.118. The van der Waals surface area contributed by atoms with Gasteiger partial charge >= 0.3 is 0 Å². The molecule has 1 aromatic carbocycles. The van der Waals surface area contributed by atoms with Crippen LogP contribution in [-0.4, -0.2) is 71.2 Å². The summed E-state index contributed by atoms with van der Waals surface area (Å²) in [6, 6.07) is 9.80. The Bertz CT molecular complexity index is 1380. The minimum atomic E-state index is -1.74. The van der Waals surface area contributed by atoms with Crippen LogP contribution in [0.15, 0.2) is 41.5 Å². The van der Waals surface area contributed by atoms with Gasteiger partial charge in [0.1, 0.15) is 17.9 Å². The van der Waals surface area contributed by atoms with Crippen LogP contribution in [0.1, 0.15) is 58.7 Å². The largest absolute Gasteiger partial charge is 0.387 e. The molecule has 0 radical (unpaired) electrons. The molecule has 3 aromatic rings. The van der Waals surface area contributed by atoms with Gasteiger partial charge in [0.05, 0.1) is 19.0 Å². The van der Waals surface area contributed by atoms with E-state index in [0.717, 1.165) is 18.4 Å². The second-order valence-electron chi connectivity index (χ2n) is 11.2. The van der Waals surface area contributed by atoms with Crippen LogP contribution in [-0.2, 0) is 20.8 Å². The predicted octanol–water partition coefficient (Wildman–Crippen LogP) is 2.32. The van der Waals surface area contributed by atoms with Crippen LogP contribution in [0.4, 0.5) is 5.95 Å². The molecule has 0 saturated carbocycles. The molecule has 0 amide bonds. The molecule has 224 valence electrons. The fourth-order valence-electron chi connectivity index (χ4n) is 5.04. The number of aliphatic hydroxyl groups excluding tert-OH is 1. The van der Waals surface area contributed by atoms with Crippen LogP contribution in [0, 0.1) is 5.41 Å². The van der Waals surface area contributed by atoms with Gasteiger partial charge in [-0.3, -0.25) is 24.5 Å². The van der Waals surface area contributed by atoms with Crippen LogP contribution < -0.4 is 16.6 Å². The molecule has 1 saturated heterocycles. The van der Waals surface area contributed by atoms with Gasteiger partial charge in [-0.1, -0.05) is 69.3 Å². The Kier molecular flexibility index (Phi) is 9.88. The van der Waals surface area contributed by atoms with Gasteiger partial charge in [-0.2, -0.15) is 4.98 Å². The number of nitrogens with one attached hydrogen (secondary N) is 2. The normalized spacial score (nSPS) is 23.7. The number of rotatable bonds is 13. The van der Waals surface area contributed by atoms with Crippen molar-refractivity contribution in [2.24, 2.45) is 5.41 Å². The highest BCUT2D eigenvalue weighted by molar-refractivity contribution is 8.13. The first-order chi connectivity index (χ1) is 19.4. The second kappa shape index (κ2) is 13.0. The van der Waals surface area contributed by atoms with Crippen LogP contribution in [0.2, 0.25) is 0 Å². The van der Waals surface area contributed by atoms with Gasteiger partial charge in [0.15, 0.2) is 22.5 Å². The zero-order chi connectivity index (χ0) is 29.8. The number of imidazole rings is 1. The van der Waals surface area contributed by atoms with Crippen molar-refractivity contribution < 1.29 is 24.5 Å². The zero-order valence-electron chi connectivity index (χ0n) is 23.9.